The van der Waals surface area contributed by atoms with E-state index in [1.807, 2.05) is 25.1 Å². The van der Waals surface area contributed by atoms with Gasteiger partial charge in [-0.1, -0.05) is 29.8 Å². The van der Waals surface area contributed by atoms with Crippen molar-refractivity contribution >= 4 is 21.6 Å². The van der Waals surface area contributed by atoms with Gasteiger partial charge in [-0.05, 0) is 73.9 Å². The Morgan fingerprint density at radius 2 is 1.73 bits per heavy atom. The van der Waals surface area contributed by atoms with E-state index in [1.165, 1.54) is 54.6 Å². The van der Waals surface area contributed by atoms with Gasteiger partial charge in [0, 0.05) is 6.54 Å². The van der Waals surface area contributed by atoms with Crippen LogP contribution in [0.3, 0.4) is 0 Å². The number of benzene rings is 3. The van der Waals surface area contributed by atoms with Crippen LogP contribution in [0.5, 0.6) is 5.75 Å². The molecule has 174 valence electrons. The van der Waals surface area contributed by atoms with Crippen LogP contribution in [-0.4, -0.2) is 34.5 Å². The third kappa shape index (κ3) is 6.55. The minimum absolute atomic E-state index is 0.000118. The molecular weight excluding hydrogens is 443 g/mol. The highest BCUT2D eigenvalue weighted by atomic mass is 32.2. The summed E-state index contributed by atoms with van der Waals surface area (Å²) in [4.78, 5) is 12.6. The molecule has 0 atom stereocenters. The molecule has 0 spiro atoms. The van der Waals surface area contributed by atoms with Gasteiger partial charge in [-0.2, -0.15) is 0 Å². The maximum atomic E-state index is 13.4. The second-order valence-electron chi connectivity index (χ2n) is 7.61. The lowest BCUT2D eigenvalue weighted by Gasteiger charge is -2.24. The van der Waals surface area contributed by atoms with Gasteiger partial charge in [0.15, 0.2) is 0 Å². The van der Waals surface area contributed by atoms with E-state index in [-0.39, 0.29) is 10.6 Å². The number of anilines is 1. The van der Waals surface area contributed by atoms with Crippen molar-refractivity contribution in [1.82, 2.24) is 5.32 Å². The van der Waals surface area contributed by atoms with Gasteiger partial charge < -0.3 is 10.1 Å². The minimum Gasteiger partial charge on any atom is -0.497 e. The topological polar surface area (TPSA) is 75.7 Å². The van der Waals surface area contributed by atoms with Crippen LogP contribution < -0.4 is 14.4 Å². The number of sulfonamides is 1. The molecule has 0 bridgehead atoms. The molecule has 0 saturated heterocycles. The molecule has 0 aliphatic carbocycles. The first-order valence-corrected chi connectivity index (χ1v) is 12.0. The molecule has 3 rings (SSSR count). The number of aryl methyl sites for hydroxylation is 2. The molecule has 3 aromatic carbocycles. The molecule has 3 aromatic rings. The number of hydrogen-bond acceptors (Lipinski definition) is 4. The standard InChI is InChI=1S/C25H27FN2O4S/c1-19-5-3-6-20(17-19)7-4-16-27-25(29)18-28(22-10-8-21(26)9-11-22)33(30,31)24-14-12-23(32-2)13-15-24/h3,5-6,8-15,17H,4,7,16,18H2,1-2H3,(H,27,29). The molecule has 0 radical (unpaired) electrons. The van der Waals surface area contributed by atoms with Gasteiger partial charge in [0.25, 0.3) is 10.0 Å². The van der Waals surface area contributed by atoms with E-state index in [0.29, 0.717) is 12.3 Å². The van der Waals surface area contributed by atoms with Gasteiger partial charge in [0.1, 0.15) is 18.1 Å². The minimum atomic E-state index is -4.07. The first kappa shape index (κ1) is 24.3. The molecule has 0 aliphatic rings. The Hall–Kier alpha value is -3.39. The predicted molar refractivity (Wildman–Crippen MR) is 126 cm³/mol. The molecule has 0 aliphatic heterocycles. The van der Waals surface area contributed by atoms with Crippen molar-refractivity contribution < 1.29 is 22.3 Å². The molecule has 0 aromatic heterocycles. The van der Waals surface area contributed by atoms with Crippen molar-refractivity contribution in [1.29, 1.82) is 0 Å². The summed E-state index contributed by atoms with van der Waals surface area (Å²) < 4.78 is 46.1. The molecule has 33 heavy (non-hydrogen) atoms. The number of amides is 1. The first-order valence-electron chi connectivity index (χ1n) is 10.5. The normalized spacial score (nSPS) is 11.1. The Morgan fingerprint density at radius 1 is 1.03 bits per heavy atom. The highest BCUT2D eigenvalue weighted by Gasteiger charge is 2.27. The molecule has 0 unspecified atom stereocenters. The molecule has 0 saturated carbocycles. The van der Waals surface area contributed by atoms with E-state index < -0.39 is 28.3 Å². The number of nitrogens with one attached hydrogen (secondary N) is 1. The average molecular weight is 471 g/mol. The monoisotopic (exact) mass is 470 g/mol. The maximum Gasteiger partial charge on any atom is 0.264 e. The molecule has 0 heterocycles. The number of ether oxygens (including phenoxy) is 1. The van der Waals surface area contributed by atoms with Crippen LogP contribution in [-0.2, 0) is 21.2 Å². The van der Waals surface area contributed by atoms with Gasteiger partial charge >= 0.3 is 0 Å². The summed E-state index contributed by atoms with van der Waals surface area (Å²) in [5.74, 6) is -0.435. The fourth-order valence-corrected chi connectivity index (χ4v) is 4.79. The van der Waals surface area contributed by atoms with Crippen LogP contribution in [0, 0.1) is 12.7 Å². The van der Waals surface area contributed by atoms with Gasteiger partial charge in [0.2, 0.25) is 5.91 Å². The quantitative estimate of drug-likeness (QED) is 0.453. The largest absolute Gasteiger partial charge is 0.497 e. The Kier molecular flexibility index (Phi) is 8.06. The molecule has 0 fully saturated rings. The third-order valence-corrected chi connectivity index (χ3v) is 6.88. The SMILES string of the molecule is COc1ccc(S(=O)(=O)N(CC(=O)NCCCc2cccc(C)c2)c2ccc(F)cc2)cc1. The zero-order chi connectivity index (χ0) is 23.8. The predicted octanol–water partition coefficient (Wildman–Crippen LogP) is 4.09. The highest BCUT2D eigenvalue weighted by Crippen LogP contribution is 2.25. The van der Waals surface area contributed by atoms with Gasteiger partial charge in [-0.25, -0.2) is 12.8 Å². The molecule has 1 amide bonds. The van der Waals surface area contributed by atoms with E-state index in [2.05, 4.69) is 11.4 Å². The van der Waals surface area contributed by atoms with Crippen LogP contribution in [0.2, 0.25) is 0 Å². The molecular formula is C25H27FN2O4S. The lowest BCUT2D eigenvalue weighted by Crippen LogP contribution is -2.41. The van der Waals surface area contributed by atoms with Crippen molar-refractivity contribution in [3.8, 4) is 5.75 Å². The Balaban J connectivity index is 1.71. The van der Waals surface area contributed by atoms with Crippen LogP contribution in [0.1, 0.15) is 17.5 Å². The Morgan fingerprint density at radius 3 is 2.36 bits per heavy atom. The number of halogens is 1. The van der Waals surface area contributed by atoms with E-state index >= 15 is 0 Å². The van der Waals surface area contributed by atoms with Crippen molar-refractivity contribution in [3.05, 3.63) is 89.7 Å². The highest BCUT2D eigenvalue weighted by molar-refractivity contribution is 7.92. The number of carbonyl (C=O) groups is 1. The van der Waals surface area contributed by atoms with E-state index in [4.69, 9.17) is 4.74 Å². The fraction of sp³-hybridized carbons (Fsp3) is 0.240. The first-order chi connectivity index (χ1) is 15.8. The zero-order valence-electron chi connectivity index (χ0n) is 18.6. The van der Waals surface area contributed by atoms with E-state index in [9.17, 15) is 17.6 Å². The smallest absolute Gasteiger partial charge is 0.264 e. The third-order valence-electron chi connectivity index (χ3n) is 5.10. The number of carbonyl (C=O) groups excluding carboxylic acids is 1. The summed E-state index contributed by atoms with van der Waals surface area (Å²) in [6, 6.07) is 19.0. The van der Waals surface area contributed by atoms with Crippen molar-refractivity contribution in [2.45, 2.75) is 24.7 Å². The van der Waals surface area contributed by atoms with Gasteiger partial charge in [-0.3, -0.25) is 9.10 Å². The Bertz CT molecular complexity index is 1180. The molecule has 1 N–H and O–H groups in total. The summed E-state index contributed by atoms with van der Waals surface area (Å²) in [5.41, 5.74) is 2.55. The maximum absolute atomic E-state index is 13.4. The average Bonchev–Trinajstić information content (AvgIpc) is 2.81. The van der Waals surface area contributed by atoms with Crippen LogP contribution >= 0.6 is 0 Å². The number of rotatable bonds is 10. The van der Waals surface area contributed by atoms with Crippen LogP contribution in [0.25, 0.3) is 0 Å². The molecule has 8 heteroatoms. The number of hydrogen-bond donors (Lipinski definition) is 1. The lowest BCUT2D eigenvalue weighted by atomic mass is 10.1. The van der Waals surface area contributed by atoms with Crippen molar-refractivity contribution in [2.75, 3.05) is 24.5 Å². The van der Waals surface area contributed by atoms with Crippen molar-refractivity contribution in [2.24, 2.45) is 0 Å². The zero-order valence-corrected chi connectivity index (χ0v) is 19.4. The van der Waals surface area contributed by atoms with Crippen molar-refractivity contribution in [3.63, 3.8) is 0 Å². The summed E-state index contributed by atoms with van der Waals surface area (Å²) in [5, 5.41) is 2.78. The van der Waals surface area contributed by atoms with Gasteiger partial charge in [-0.15, -0.1) is 0 Å². The van der Waals surface area contributed by atoms with E-state index in [1.54, 1.807) is 0 Å². The second-order valence-corrected chi connectivity index (χ2v) is 9.47. The number of methoxy groups -OCH3 is 1. The fourth-order valence-electron chi connectivity index (χ4n) is 3.37. The van der Waals surface area contributed by atoms with Crippen LogP contribution in [0.4, 0.5) is 10.1 Å². The molecule has 6 nitrogen and oxygen atoms in total. The Labute approximate surface area is 194 Å². The van der Waals surface area contributed by atoms with Gasteiger partial charge in [0.05, 0.1) is 17.7 Å². The summed E-state index contributed by atoms with van der Waals surface area (Å²) in [6.45, 7) is 2.01. The second kappa shape index (κ2) is 11.0. The summed E-state index contributed by atoms with van der Waals surface area (Å²) in [7, 11) is -2.59. The summed E-state index contributed by atoms with van der Waals surface area (Å²) in [6.07, 6.45) is 1.52. The number of nitrogens with zero attached hydrogens (tertiary/aromatic N) is 1. The van der Waals surface area contributed by atoms with E-state index in [0.717, 1.165) is 29.3 Å². The summed E-state index contributed by atoms with van der Waals surface area (Å²) >= 11 is 0. The van der Waals surface area contributed by atoms with Crippen LogP contribution in [0.15, 0.2) is 77.7 Å². The lowest BCUT2D eigenvalue weighted by molar-refractivity contribution is -0.119.